The molecule has 0 bridgehead atoms. The van der Waals surface area contributed by atoms with E-state index in [1.165, 1.54) is 23.5 Å². The fourth-order valence-electron chi connectivity index (χ4n) is 4.11. The summed E-state index contributed by atoms with van der Waals surface area (Å²) in [5.74, 6) is -0.317. The molecular weight excluding hydrogens is 401 g/mol. The smallest absolute Gasteiger partial charge is 0.308 e. The first-order valence-electron chi connectivity index (χ1n) is 10.3. The molecule has 0 radical (unpaired) electrons. The van der Waals surface area contributed by atoms with Crippen LogP contribution in [-0.2, 0) is 11.3 Å². The van der Waals surface area contributed by atoms with Crippen LogP contribution in [0.5, 0.6) is 0 Å². The maximum atomic E-state index is 13.1. The van der Waals surface area contributed by atoms with Gasteiger partial charge in [0.15, 0.2) is 0 Å². The van der Waals surface area contributed by atoms with E-state index in [9.17, 15) is 14.0 Å². The van der Waals surface area contributed by atoms with Crippen LogP contribution in [0, 0.1) is 11.7 Å². The molecule has 5 nitrogen and oxygen atoms in total. The lowest BCUT2D eigenvalue weighted by Crippen LogP contribution is -2.40. The van der Waals surface area contributed by atoms with Crippen molar-refractivity contribution in [3.8, 4) is 0 Å². The summed E-state index contributed by atoms with van der Waals surface area (Å²) in [6.07, 6.45) is 1.81. The summed E-state index contributed by atoms with van der Waals surface area (Å²) in [6.45, 7) is 6.31. The maximum absolute atomic E-state index is 13.1. The number of nitrogens with one attached hydrogen (secondary N) is 1. The predicted molar refractivity (Wildman–Crippen MR) is 120 cm³/mol. The molecule has 1 amide bonds. The zero-order valence-electron chi connectivity index (χ0n) is 17.2. The van der Waals surface area contributed by atoms with Crippen molar-refractivity contribution < 1.29 is 9.18 Å². The lowest BCUT2D eigenvalue weighted by molar-refractivity contribution is -0.121. The van der Waals surface area contributed by atoms with Gasteiger partial charge in [-0.2, -0.15) is 0 Å². The van der Waals surface area contributed by atoms with Crippen LogP contribution in [-0.4, -0.2) is 28.5 Å². The lowest BCUT2D eigenvalue weighted by Gasteiger charge is -2.32. The highest BCUT2D eigenvalue weighted by Crippen LogP contribution is 2.26. The Morgan fingerprint density at radius 3 is 2.73 bits per heavy atom. The molecule has 1 aliphatic heterocycles. The number of piperidine rings is 1. The van der Waals surface area contributed by atoms with E-state index < -0.39 is 0 Å². The average molecular weight is 428 g/mol. The van der Waals surface area contributed by atoms with Gasteiger partial charge in [-0.3, -0.25) is 19.1 Å². The first kappa shape index (κ1) is 20.8. The van der Waals surface area contributed by atoms with Crippen molar-refractivity contribution in [3.63, 3.8) is 0 Å². The number of hydrogen-bond donors (Lipinski definition) is 1. The molecule has 7 heteroatoms. The monoisotopic (exact) mass is 427 g/mol. The largest absolute Gasteiger partial charge is 0.326 e. The number of fused-ring (bicyclic) bond motifs is 1. The first-order valence-corrected chi connectivity index (χ1v) is 11.1. The second kappa shape index (κ2) is 8.70. The van der Waals surface area contributed by atoms with E-state index in [1.54, 1.807) is 16.7 Å². The third kappa shape index (κ3) is 4.47. The third-order valence-electron chi connectivity index (χ3n) is 5.59. The van der Waals surface area contributed by atoms with Crippen LogP contribution in [0.1, 0.15) is 38.3 Å². The third-order valence-corrected chi connectivity index (χ3v) is 6.51. The highest BCUT2D eigenvalue weighted by atomic mass is 32.1. The Morgan fingerprint density at radius 1 is 1.23 bits per heavy atom. The van der Waals surface area contributed by atoms with Gasteiger partial charge in [0.25, 0.3) is 0 Å². The fourth-order valence-corrected chi connectivity index (χ4v) is 5.16. The number of anilines is 1. The molecule has 0 saturated carbocycles. The van der Waals surface area contributed by atoms with Crippen LogP contribution in [0.2, 0.25) is 0 Å². The zero-order valence-corrected chi connectivity index (χ0v) is 18.0. The van der Waals surface area contributed by atoms with E-state index >= 15 is 0 Å². The number of amides is 1. The van der Waals surface area contributed by atoms with Gasteiger partial charge in [0.2, 0.25) is 5.91 Å². The van der Waals surface area contributed by atoms with Crippen molar-refractivity contribution in [1.29, 1.82) is 0 Å². The first-order chi connectivity index (χ1) is 14.4. The van der Waals surface area contributed by atoms with Crippen LogP contribution in [0.3, 0.4) is 0 Å². The number of rotatable bonds is 5. The number of carbonyl (C=O) groups is 1. The van der Waals surface area contributed by atoms with Crippen LogP contribution in [0.4, 0.5) is 10.1 Å². The Kier molecular flexibility index (Phi) is 6.01. The van der Waals surface area contributed by atoms with Gasteiger partial charge in [0.1, 0.15) is 5.82 Å². The average Bonchev–Trinajstić information content (AvgIpc) is 3.05. The minimum Gasteiger partial charge on any atom is -0.326 e. The number of benzene rings is 2. The Bertz CT molecular complexity index is 1100. The highest BCUT2D eigenvalue weighted by Gasteiger charge is 2.26. The van der Waals surface area contributed by atoms with Crippen LogP contribution >= 0.6 is 11.3 Å². The number of halogens is 1. The molecule has 0 spiro atoms. The van der Waals surface area contributed by atoms with E-state index in [2.05, 4.69) is 10.2 Å². The minimum atomic E-state index is -0.236. The van der Waals surface area contributed by atoms with Gasteiger partial charge in [-0.15, -0.1) is 0 Å². The van der Waals surface area contributed by atoms with E-state index in [1.807, 2.05) is 32.0 Å². The van der Waals surface area contributed by atoms with E-state index in [4.69, 9.17) is 0 Å². The van der Waals surface area contributed by atoms with Crippen molar-refractivity contribution in [2.45, 2.75) is 39.3 Å². The molecule has 1 N–H and O–H groups in total. The molecule has 1 atom stereocenters. The van der Waals surface area contributed by atoms with Gasteiger partial charge < -0.3 is 5.32 Å². The molecule has 30 heavy (non-hydrogen) atoms. The molecule has 158 valence electrons. The van der Waals surface area contributed by atoms with Crippen molar-refractivity contribution in [2.24, 2.45) is 5.92 Å². The summed E-state index contributed by atoms with van der Waals surface area (Å²) in [7, 11) is 0. The Balaban J connectivity index is 1.43. The Morgan fingerprint density at radius 2 is 2.00 bits per heavy atom. The molecule has 3 aromatic rings. The van der Waals surface area contributed by atoms with Gasteiger partial charge in [-0.05, 0) is 69.1 Å². The highest BCUT2D eigenvalue weighted by molar-refractivity contribution is 7.16. The van der Waals surface area contributed by atoms with E-state index in [0.717, 1.165) is 40.9 Å². The van der Waals surface area contributed by atoms with Crippen LogP contribution in [0.15, 0.2) is 47.3 Å². The number of hydrogen-bond acceptors (Lipinski definition) is 4. The van der Waals surface area contributed by atoms with Gasteiger partial charge in [0.05, 0.1) is 16.1 Å². The van der Waals surface area contributed by atoms with Crippen molar-refractivity contribution in [1.82, 2.24) is 9.47 Å². The minimum absolute atomic E-state index is 0.00814. The number of carbonyl (C=O) groups excluding carboxylic acids is 1. The summed E-state index contributed by atoms with van der Waals surface area (Å²) >= 11 is 1.21. The van der Waals surface area contributed by atoms with Gasteiger partial charge in [-0.25, -0.2) is 4.39 Å². The quantitative estimate of drug-likeness (QED) is 0.646. The van der Waals surface area contributed by atoms with Gasteiger partial charge in [0, 0.05) is 24.8 Å². The van der Waals surface area contributed by atoms with Crippen molar-refractivity contribution in [2.75, 3.05) is 18.4 Å². The predicted octanol–water partition coefficient (Wildman–Crippen LogP) is 4.63. The molecular formula is C23H26FN3O2S. The maximum Gasteiger partial charge on any atom is 0.308 e. The van der Waals surface area contributed by atoms with Crippen molar-refractivity contribution in [3.05, 3.63) is 63.5 Å². The van der Waals surface area contributed by atoms with Crippen molar-refractivity contribution >= 4 is 33.1 Å². The normalized spacial score (nSPS) is 17.5. The summed E-state index contributed by atoms with van der Waals surface area (Å²) in [6, 6.07) is 12.3. The molecule has 2 heterocycles. The Labute approximate surface area is 179 Å². The zero-order chi connectivity index (χ0) is 21.3. The molecule has 4 rings (SSSR count). The molecule has 1 aromatic heterocycles. The molecule has 0 unspecified atom stereocenters. The summed E-state index contributed by atoms with van der Waals surface area (Å²) in [5.41, 5.74) is 2.67. The number of nitrogens with zero attached hydrogens (tertiary/aromatic N) is 2. The van der Waals surface area contributed by atoms with Gasteiger partial charge in [-0.1, -0.05) is 23.5 Å². The second-order valence-corrected chi connectivity index (χ2v) is 9.20. The lowest BCUT2D eigenvalue weighted by atomic mass is 9.96. The van der Waals surface area contributed by atoms with E-state index in [0.29, 0.717) is 13.1 Å². The topological polar surface area (TPSA) is 54.3 Å². The number of aromatic nitrogens is 1. The summed E-state index contributed by atoms with van der Waals surface area (Å²) in [5, 5.41) is 3.03. The fraction of sp³-hybridized carbons (Fsp3) is 0.391. The summed E-state index contributed by atoms with van der Waals surface area (Å²) < 4.78 is 15.8. The standard InChI is InChI=1S/C23H26FN3O2S/c1-15(2)27-20-10-9-19(12-21(20)30-23(27)29)25-22(28)17-4-3-11-26(14-17)13-16-5-7-18(24)8-6-16/h5-10,12,15,17H,3-4,11,13-14H2,1-2H3,(H,25,28)/t17-/m0/s1. The molecule has 1 fully saturated rings. The van der Waals surface area contributed by atoms with Gasteiger partial charge >= 0.3 is 4.87 Å². The molecule has 0 aliphatic carbocycles. The van der Waals surface area contributed by atoms with Crippen LogP contribution in [0.25, 0.3) is 10.2 Å². The summed E-state index contributed by atoms with van der Waals surface area (Å²) in [4.78, 5) is 27.4. The SMILES string of the molecule is CC(C)n1c(=O)sc2cc(NC(=O)[C@H]3CCCN(Cc4ccc(F)cc4)C3)ccc21. The van der Waals surface area contributed by atoms with E-state index in [-0.39, 0.29) is 28.6 Å². The molecule has 1 aliphatic rings. The molecule has 2 aromatic carbocycles. The number of likely N-dealkylation sites (tertiary alicyclic amines) is 1. The molecule has 1 saturated heterocycles. The van der Waals surface area contributed by atoms with Crippen LogP contribution < -0.4 is 10.2 Å². The Hall–Kier alpha value is -2.51. The number of thiazole rings is 1. The second-order valence-electron chi connectivity index (χ2n) is 8.20.